The van der Waals surface area contributed by atoms with Gasteiger partial charge < -0.3 is 5.73 Å². The van der Waals surface area contributed by atoms with Gasteiger partial charge in [-0.25, -0.2) is 4.68 Å². The molecule has 0 saturated heterocycles. The number of tetrazole rings is 1. The fourth-order valence-electron chi connectivity index (χ4n) is 1.91. The minimum atomic E-state index is 0.0642. The van der Waals surface area contributed by atoms with Crippen LogP contribution >= 0.6 is 0 Å². The molecule has 1 aromatic carbocycles. The van der Waals surface area contributed by atoms with Crippen molar-refractivity contribution in [1.29, 1.82) is 0 Å². The molecule has 0 bridgehead atoms. The number of nitrogens with two attached hydrogens (primary N) is 1. The molecule has 2 aromatic rings. The molecule has 0 saturated carbocycles. The summed E-state index contributed by atoms with van der Waals surface area (Å²) in [6, 6.07) is 6.27. The Morgan fingerprint density at radius 3 is 3.13 bits per heavy atom. The zero-order chi connectivity index (χ0) is 10.4. The summed E-state index contributed by atoms with van der Waals surface area (Å²) >= 11 is 0. The average Bonchev–Trinajstić information content (AvgIpc) is 2.75. The van der Waals surface area contributed by atoms with E-state index in [0.717, 1.165) is 23.5 Å². The summed E-state index contributed by atoms with van der Waals surface area (Å²) in [6.07, 6.45) is 0. The third-order valence-electron chi connectivity index (χ3n) is 2.75. The van der Waals surface area contributed by atoms with Gasteiger partial charge in [0.1, 0.15) is 0 Å². The molecule has 5 heteroatoms. The van der Waals surface area contributed by atoms with E-state index in [-0.39, 0.29) is 6.04 Å². The lowest BCUT2D eigenvalue weighted by Gasteiger charge is -2.06. The van der Waals surface area contributed by atoms with Crippen LogP contribution < -0.4 is 5.73 Å². The molecule has 0 spiro atoms. The quantitative estimate of drug-likeness (QED) is 0.630. The molecule has 0 aliphatic carbocycles. The molecule has 0 radical (unpaired) electrons. The molecule has 1 atom stereocenters. The second-order valence-corrected chi connectivity index (χ2v) is 3.87. The Bertz CT molecular complexity index is 514. The van der Waals surface area contributed by atoms with Crippen LogP contribution in [0, 0.1) is 0 Å². The summed E-state index contributed by atoms with van der Waals surface area (Å²) in [5, 5.41) is 11.5. The van der Waals surface area contributed by atoms with E-state index in [2.05, 4.69) is 21.6 Å². The Labute approximate surface area is 86.9 Å². The van der Waals surface area contributed by atoms with Crippen LogP contribution in [-0.2, 0) is 6.54 Å². The molecule has 15 heavy (non-hydrogen) atoms. The molecule has 0 amide bonds. The number of hydrogen-bond acceptors (Lipinski definition) is 4. The maximum atomic E-state index is 5.84. The fourth-order valence-corrected chi connectivity index (χ4v) is 1.91. The zero-order valence-corrected chi connectivity index (χ0v) is 8.38. The van der Waals surface area contributed by atoms with E-state index < -0.39 is 0 Å². The summed E-state index contributed by atoms with van der Waals surface area (Å²) in [4.78, 5) is 0. The lowest BCUT2D eigenvalue weighted by atomic mass is 10.0. The van der Waals surface area contributed by atoms with Crippen molar-refractivity contribution in [2.24, 2.45) is 5.73 Å². The number of rotatable bonds is 1. The predicted octanol–water partition coefficient (Wildman–Crippen LogP) is 0.722. The van der Waals surface area contributed by atoms with E-state index in [1.165, 1.54) is 5.56 Å². The average molecular weight is 201 g/mol. The number of aromatic nitrogens is 4. The Balaban J connectivity index is 2.13. The van der Waals surface area contributed by atoms with Crippen molar-refractivity contribution in [2.45, 2.75) is 19.5 Å². The number of nitrogens with zero attached hydrogens (tertiary/aromatic N) is 4. The van der Waals surface area contributed by atoms with Crippen molar-refractivity contribution in [1.82, 2.24) is 20.2 Å². The second-order valence-electron chi connectivity index (χ2n) is 3.87. The molecule has 2 heterocycles. The van der Waals surface area contributed by atoms with Gasteiger partial charge in [-0.3, -0.25) is 0 Å². The molecule has 0 unspecified atom stereocenters. The van der Waals surface area contributed by atoms with Gasteiger partial charge in [0.15, 0.2) is 5.82 Å². The molecule has 5 nitrogen and oxygen atoms in total. The molecule has 76 valence electrons. The van der Waals surface area contributed by atoms with Gasteiger partial charge >= 0.3 is 0 Å². The van der Waals surface area contributed by atoms with Crippen LogP contribution in [0.25, 0.3) is 11.4 Å². The molecule has 2 N–H and O–H groups in total. The Morgan fingerprint density at radius 2 is 2.33 bits per heavy atom. The minimum Gasteiger partial charge on any atom is -0.324 e. The molecule has 1 aliphatic heterocycles. The molecule has 1 aromatic heterocycles. The SMILES string of the molecule is C[C@H](N)c1ccc2c(c1)Cn1nnnc1-2. The van der Waals surface area contributed by atoms with E-state index >= 15 is 0 Å². The van der Waals surface area contributed by atoms with Crippen LogP contribution in [0.5, 0.6) is 0 Å². The standard InChI is InChI=1S/C10H11N5/c1-6(11)7-2-3-9-8(4-7)5-15-10(9)12-13-14-15/h2-4,6H,5,11H2,1H3/t6-/m0/s1. The number of fused-ring (bicyclic) bond motifs is 3. The smallest absolute Gasteiger partial charge is 0.182 e. The topological polar surface area (TPSA) is 69.6 Å². The van der Waals surface area contributed by atoms with E-state index in [9.17, 15) is 0 Å². The summed E-state index contributed by atoms with van der Waals surface area (Å²) in [6.45, 7) is 2.73. The highest BCUT2D eigenvalue weighted by atomic mass is 15.5. The molecule has 3 rings (SSSR count). The van der Waals surface area contributed by atoms with Gasteiger partial charge in [0, 0.05) is 11.6 Å². The first-order valence-corrected chi connectivity index (χ1v) is 4.90. The lowest BCUT2D eigenvalue weighted by Crippen LogP contribution is -2.05. The van der Waals surface area contributed by atoms with Gasteiger partial charge in [-0.15, -0.1) is 5.10 Å². The maximum Gasteiger partial charge on any atom is 0.182 e. The van der Waals surface area contributed by atoms with Crippen LogP contribution in [0.2, 0.25) is 0 Å². The highest BCUT2D eigenvalue weighted by Crippen LogP contribution is 2.30. The minimum absolute atomic E-state index is 0.0642. The summed E-state index contributed by atoms with van der Waals surface area (Å²) in [7, 11) is 0. The summed E-state index contributed by atoms with van der Waals surface area (Å²) in [5.74, 6) is 0.848. The van der Waals surface area contributed by atoms with E-state index in [4.69, 9.17) is 5.73 Å². The van der Waals surface area contributed by atoms with Crippen molar-refractivity contribution in [3.63, 3.8) is 0 Å². The van der Waals surface area contributed by atoms with Crippen molar-refractivity contribution >= 4 is 0 Å². The van der Waals surface area contributed by atoms with Crippen molar-refractivity contribution < 1.29 is 0 Å². The first kappa shape index (κ1) is 8.55. The molecule has 1 aliphatic rings. The first-order chi connectivity index (χ1) is 7.25. The van der Waals surface area contributed by atoms with Crippen LogP contribution in [0.3, 0.4) is 0 Å². The van der Waals surface area contributed by atoms with Crippen molar-refractivity contribution in [3.05, 3.63) is 29.3 Å². The zero-order valence-electron chi connectivity index (χ0n) is 8.38. The highest BCUT2D eigenvalue weighted by Gasteiger charge is 2.21. The van der Waals surface area contributed by atoms with Crippen LogP contribution in [0.1, 0.15) is 24.1 Å². The van der Waals surface area contributed by atoms with Crippen LogP contribution in [0.15, 0.2) is 18.2 Å². The van der Waals surface area contributed by atoms with Crippen molar-refractivity contribution in [2.75, 3.05) is 0 Å². The third kappa shape index (κ3) is 1.16. The molecular weight excluding hydrogens is 190 g/mol. The predicted molar refractivity (Wildman–Crippen MR) is 55.0 cm³/mol. The largest absolute Gasteiger partial charge is 0.324 e. The third-order valence-corrected chi connectivity index (χ3v) is 2.75. The lowest BCUT2D eigenvalue weighted by molar-refractivity contribution is 0.669. The molecular formula is C10H11N5. The Morgan fingerprint density at radius 1 is 1.47 bits per heavy atom. The van der Waals surface area contributed by atoms with Gasteiger partial charge in [0.05, 0.1) is 6.54 Å². The summed E-state index contributed by atoms with van der Waals surface area (Å²) < 4.78 is 1.80. The highest BCUT2D eigenvalue weighted by molar-refractivity contribution is 5.64. The van der Waals surface area contributed by atoms with Gasteiger partial charge in [-0.2, -0.15) is 0 Å². The van der Waals surface area contributed by atoms with Gasteiger partial charge in [0.2, 0.25) is 0 Å². The van der Waals surface area contributed by atoms with E-state index in [1.54, 1.807) is 4.68 Å². The van der Waals surface area contributed by atoms with Crippen LogP contribution in [0.4, 0.5) is 0 Å². The molecule has 0 fully saturated rings. The van der Waals surface area contributed by atoms with E-state index in [1.807, 2.05) is 19.1 Å². The number of benzene rings is 1. The van der Waals surface area contributed by atoms with Gasteiger partial charge in [-0.1, -0.05) is 18.2 Å². The Kier molecular flexibility index (Phi) is 1.63. The maximum absolute atomic E-state index is 5.84. The van der Waals surface area contributed by atoms with Crippen LogP contribution in [-0.4, -0.2) is 20.2 Å². The normalized spacial score (nSPS) is 14.8. The Hall–Kier alpha value is -1.75. The van der Waals surface area contributed by atoms with Gasteiger partial charge in [-0.05, 0) is 28.5 Å². The number of hydrogen-bond donors (Lipinski definition) is 1. The fraction of sp³-hybridized carbons (Fsp3) is 0.300. The van der Waals surface area contributed by atoms with Crippen molar-refractivity contribution in [3.8, 4) is 11.4 Å². The van der Waals surface area contributed by atoms with Gasteiger partial charge in [0.25, 0.3) is 0 Å². The van der Waals surface area contributed by atoms with E-state index in [0.29, 0.717) is 0 Å². The first-order valence-electron chi connectivity index (χ1n) is 4.90. The second kappa shape index (κ2) is 2.87. The summed E-state index contributed by atoms with van der Waals surface area (Å²) in [5.41, 5.74) is 9.32. The monoisotopic (exact) mass is 201 g/mol.